The van der Waals surface area contributed by atoms with E-state index in [1.807, 2.05) is 13.8 Å². The maximum absolute atomic E-state index is 8.73. The van der Waals surface area contributed by atoms with E-state index in [0.29, 0.717) is 12.2 Å². The summed E-state index contributed by atoms with van der Waals surface area (Å²) >= 11 is 0. The Morgan fingerprint density at radius 3 is 2.73 bits per heavy atom. The van der Waals surface area contributed by atoms with Gasteiger partial charge in [-0.15, -0.1) is 0 Å². The first kappa shape index (κ1) is 8.71. The molecule has 64 valence electrons. The molecule has 3 heteroatoms. The fourth-order valence-corrected chi connectivity index (χ4v) is 0.990. The topological polar surface area (TPSA) is 38.7 Å². The molecule has 1 fully saturated rings. The van der Waals surface area contributed by atoms with Gasteiger partial charge in [0.05, 0.1) is 13.2 Å². The molecule has 1 atom stereocenters. The number of ether oxygens (including phenoxy) is 2. The molecule has 0 aromatic heterocycles. The van der Waals surface area contributed by atoms with Gasteiger partial charge < -0.3 is 14.6 Å². The molecule has 1 N–H and O–H groups in total. The average Bonchev–Trinajstić information content (AvgIpc) is 2.29. The highest BCUT2D eigenvalue weighted by Gasteiger charge is 2.33. The third-order valence-electron chi connectivity index (χ3n) is 1.67. The Morgan fingerprint density at radius 1 is 1.73 bits per heavy atom. The standard InChI is InChI=1S/C8H14O3/c1-6(4-9)7-5-10-8(2,3)11-7/h7,9H,1,4-5H2,2-3H3/t7-/m0/s1. The molecule has 0 radical (unpaired) electrons. The quantitative estimate of drug-likeness (QED) is 0.601. The van der Waals surface area contributed by atoms with Crippen LogP contribution in [0.25, 0.3) is 0 Å². The normalized spacial score (nSPS) is 28.8. The van der Waals surface area contributed by atoms with Crippen molar-refractivity contribution in [2.45, 2.75) is 25.7 Å². The third kappa shape index (κ3) is 2.02. The third-order valence-corrected chi connectivity index (χ3v) is 1.67. The monoisotopic (exact) mass is 158 g/mol. The van der Waals surface area contributed by atoms with Gasteiger partial charge in [0.25, 0.3) is 0 Å². The molecule has 0 aromatic carbocycles. The minimum Gasteiger partial charge on any atom is -0.392 e. The first-order valence-corrected chi connectivity index (χ1v) is 3.65. The van der Waals surface area contributed by atoms with Crippen molar-refractivity contribution in [3.8, 4) is 0 Å². The van der Waals surface area contributed by atoms with Gasteiger partial charge >= 0.3 is 0 Å². The molecule has 0 spiro atoms. The van der Waals surface area contributed by atoms with E-state index in [9.17, 15) is 0 Å². The van der Waals surface area contributed by atoms with Crippen LogP contribution in [0.2, 0.25) is 0 Å². The number of aliphatic hydroxyl groups is 1. The Labute approximate surface area is 66.6 Å². The zero-order valence-electron chi connectivity index (χ0n) is 6.96. The van der Waals surface area contributed by atoms with Crippen LogP contribution < -0.4 is 0 Å². The molecule has 1 aliphatic rings. The fraction of sp³-hybridized carbons (Fsp3) is 0.750. The average molecular weight is 158 g/mol. The van der Waals surface area contributed by atoms with E-state index < -0.39 is 5.79 Å². The fourth-order valence-electron chi connectivity index (χ4n) is 0.990. The van der Waals surface area contributed by atoms with Gasteiger partial charge in [-0.3, -0.25) is 0 Å². The lowest BCUT2D eigenvalue weighted by Gasteiger charge is -2.17. The summed E-state index contributed by atoms with van der Waals surface area (Å²) in [7, 11) is 0. The second kappa shape index (κ2) is 2.93. The molecule has 0 bridgehead atoms. The maximum Gasteiger partial charge on any atom is 0.163 e. The highest BCUT2D eigenvalue weighted by Crippen LogP contribution is 2.25. The summed E-state index contributed by atoms with van der Waals surface area (Å²) in [6.07, 6.45) is -0.144. The minimum absolute atomic E-state index is 0.0376. The Morgan fingerprint density at radius 2 is 2.36 bits per heavy atom. The summed E-state index contributed by atoms with van der Waals surface area (Å²) in [5.74, 6) is -0.525. The maximum atomic E-state index is 8.73. The van der Waals surface area contributed by atoms with Gasteiger partial charge in [0.1, 0.15) is 6.10 Å². The second-order valence-corrected chi connectivity index (χ2v) is 3.13. The van der Waals surface area contributed by atoms with E-state index in [-0.39, 0.29) is 12.7 Å². The molecule has 0 saturated carbocycles. The zero-order chi connectivity index (χ0) is 8.48. The lowest BCUT2D eigenvalue weighted by Crippen LogP contribution is -2.22. The Balaban J connectivity index is 2.48. The van der Waals surface area contributed by atoms with Crippen LogP contribution in [0.4, 0.5) is 0 Å². The zero-order valence-corrected chi connectivity index (χ0v) is 6.96. The molecule has 1 aliphatic heterocycles. The van der Waals surface area contributed by atoms with E-state index in [0.717, 1.165) is 0 Å². The van der Waals surface area contributed by atoms with Crippen molar-refractivity contribution in [2.24, 2.45) is 0 Å². The summed E-state index contributed by atoms with van der Waals surface area (Å²) in [5.41, 5.74) is 0.676. The summed E-state index contributed by atoms with van der Waals surface area (Å²) in [4.78, 5) is 0. The van der Waals surface area contributed by atoms with E-state index in [4.69, 9.17) is 14.6 Å². The van der Waals surface area contributed by atoms with Crippen LogP contribution >= 0.6 is 0 Å². The van der Waals surface area contributed by atoms with Gasteiger partial charge in [0.2, 0.25) is 0 Å². The van der Waals surface area contributed by atoms with Crippen LogP contribution in [0.15, 0.2) is 12.2 Å². The highest BCUT2D eigenvalue weighted by molar-refractivity contribution is 5.04. The van der Waals surface area contributed by atoms with E-state index >= 15 is 0 Å². The van der Waals surface area contributed by atoms with Gasteiger partial charge in [-0.05, 0) is 19.4 Å². The van der Waals surface area contributed by atoms with Crippen molar-refractivity contribution < 1.29 is 14.6 Å². The van der Waals surface area contributed by atoms with Crippen molar-refractivity contribution in [3.63, 3.8) is 0 Å². The highest BCUT2D eigenvalue weighted by atomic mass is 16.7. The molecule has 1 rings (SSSR count). The van der Waals surface area contributed by atoms with Crippen molar-refractivity contribution in [2.75, 3.05) is 13.2 Å². The van der Waals surface area contributed by atoms with E-state index in [1.54, 1.807) is 0 Å². The van der Waals surface area contributed by atoms with Crippen molar-refractivity contribution >= 4 is 0 Å². The predicted molar refractivity (Wildman–Crippen MR) is 41.1 cm³/mol. The van der Waals surface area contributed by atoms with Crippen LogP contribution in [0, 0.1) is 0 Å². The molecule has 1 saturated heterocycles. The van der Waals surface area contributed by atoms with Gasteiger partial charge in [0, 0.05) is 0 Å². The molecule has 0 aromatic rings. The Kier molecular flexibility index (Phi) is 2.32. The lowest BCUT2D eigenvalue weighted by atomic mass is 10.2. The summed E-state index contributed by atoms with van der Waals surface area (Å²) < 4.78 is 10.7. The SMILES string of the molecule is C=C(CO)[C@@H]1COC(C)(C)O1. The molecule has 3 nitrogen and oxygen atoms in total. The molecule has 0 aliphatic carbocycles. The largest absolute Gasteiger partial charge is 0.392 e. The predicted octanol–water partition coefficient (Wildman–Crippen LogP) is 0.686. The Hall–Kier alpha value is -0.380. The second-order valence-electron chi connectivity index (χ2n) is 3.13. The Bertz CT molecular complexity index is 163. The molecular weight excluding hydrogens is 144 g/mol. The van der Waals surface area contributed by atoms with Gasteiger partial charge in [-0.1, -0.05) is 6.58 Å². The van der Waals surface area contributed by atoms with E-state index in [2.05, 4.69) is 6.58 Å². The molecule has 0 amide bonds. The van der Waals surface area contributed by atoms with E-state index in [1.165, 1.54) is 0 Å². The van der Waals surface area contributed by atoms with Crippen LogP contribution in [-0.4, -0.2) is 30.2 Å². The van der Waals surface area contributed by atoms with Crippen LogP contribution in [-0.2, 0) is 9.47 Å². The lowest BCUT2D eigenvalue weighted by molar-refractivity contribution is -0.134. The van der Waals surface area contributed by atoms with Crippen LogP contribution in [0.1, 0.15) is 13.8 Å². The van der Waals surface area contributed by atoms with Gasteiger partial charge in [-0.25, -0.2) is 0 Å². The number of hydrogen-bond acceptors (Lipinski definition) is 3. The van der Waals surface area contributed by atoms with Crippen molar-refractivity contribution in [1.82, 2.24) is 0 Å². The molecular formula is C8H14O3. The minimum atomic E-state index is -0.525. The summed E-state index contributed by atoms with van der Waals surface area (Å²) in [6, 6.07) is 0. The number of hydrogen-bond donors (Lipinski definition) is 1. The van der Waals surface area contributed by atoms with Gasteiger partial charge in [-0.2, -0.15) is 0 Å². The first-order valence-electron chi connectivity index (χ1n) is 3.65. The van der Waals surface area contributed by atoms with Crippen molar-refractivity contribution in [1.29, 1.82) is 0 Å². The molecule has 11 heavy (non-hydrogen) atoms. The number of aliphatic hydroxyl groups excluding tert-OH is 1. The summed E-state index contributed by atoms with van der Waals surface area (Å²) in [5, 5.41) is 8.73. The number of rotatable bonds is 2. The van der Waals surface area contributed by atoms with Crippen LogP contribution in [0.3, 0.4) is 0 Å². The first-order chi connectivity index (χ1) is 5.05. The van der Waals surface area contributed by atoms with Gasteiger partial charge in [0.15, 0.2) is 5.79 Å². The molecule has 0 unspecified atom stereocenters. The molecule has 1 heterocycles. The van der Waals surface area contributed by atoms with Crippen LogP contribution in [0.5, 0.6) is 0 Å². The summed E-state index contributed by atoms with van der Waals surface area (Å²) in [6.45, 7) is 7.81. The van der Waals surface area contributed by atoms with Crippen molar-refractivity contribution in [3.05, 3.63) is 12.2 Å². The smallest absolute Gasteiger partial charge is 0.163 e.